The molecule has 0 radical (unpaired) electrons. The zero-order valence-corrected chi connectivity index (χ0v) is 19.8. The van der Waals surface area contributed by atoms with E-state index < -0.39 is 6.04 Å². The van der Waals surface area contributed by atoms with Crippen LogP contribution in [0, 0.1) is 0 Å². The van der Waals surface area contributed by atoms with E-state index in [4.69, 9.17) is 34.8 Å². The third kappa shape index (κ3) is 6.86. The highest BCUT2D eigenvalue weighted by Gasteiger charge is 2.28. The van der Waals surface area contributed by atoms with E-state index in [1.165, 1.54) is 6.42 Å². The lowest BCUT2D eigenvalue weighted by molar-refractivity contribution is -0.140. The van der Waals surface area contributed by atoms with Gasteiger partial charge in [-0.25, -0.2) is 0 Å². The molecule has 1 N–H and O–H groups in total. The molecule has 2 amide bonds. The molecule has 7 heteroatoms. The van der Waals surface area contributed by atoms with E-state index in [1.807, 2.05) is 18.2 Å². The van der Waals surface area contributed by atoms with E-state index in [0.717, 1.165) is 36.8 Å². The fourth-order valence-electron chi connectivity index (χ4n) is 3.86. The van der Waals surface area contributed by atoms with Crippen LogP contribution in [0.3, 0.4) is 0 Å². The lowest BCUT2D eigenvalue weighted by Crippen LogP contribution is -2.50. The molecule has 0 unspecified atom stereocenters. The maximum absolute atomic E-state index is 13.2. The first kappa shape index (κ1) is 23.9. The van der Waals surface area contributed by atoms with Crippen molar-refractivity contribution in [2.75, 3.05) is 0 Å². The Morgan fingerprint density at radius 1 is 0.968 bits per heavy atom. The van der Waals surface area contributed by atoms with Crippen LogP contribution in [0.5, 0.6) is 0 Å². The molecule has 1 aliphatic rings. The highest BCUT2D eigenvalue weighted by atomic mass is 35.5. The Morgan fingerprint density at radius 3 is 2.26 bits per heavy atom. The largest absolute Gasteiger partial charge is 0.352 e. The summed E-state index contributed by atoms with van der Waals surface area (Å²) < 4.78 is 0. The fourth-order valence-corrected chi connectivity index (χ4v) is 4.31. The number of nitrogens with zero attached hydrogens (tertiary/aromatic N) is 1. The van der Waals surface area contributed by atoms with Gasteiger partial charge in [-0.05, 0) is 55.2 Å². The number of hydrogen-bond donors (Lipinski definition) is 1. The Bertz CT molecular complexity index is 912. The molecule has 1 atom stereocenters. The normalized spacial score (nSPS) is 15.4. The maximum atomic E-state index is 13.2. The van der Waals surface area contributed by atoms with Gasteiger partial charge in [0.2, 0.25) is 11.8 Å². The fraction of sp³-hybridized carbons (Fsp3) is 0.417. The molecule has 1 saturated carbocycles. The maximum Gasteiger partial charge on any atom is 0.242 e. The van der Waals surface area contributed by atoms with Gasteiger partial charge in [-0.2, -0.15) is 0 Å². The highest BCUT2D eigenvalue weighted by molar-refractivity contribution is 6.42. The highest BCUT2D eigenvalue weighted by Crippen LogP contribution is 2.24. The minimum atomic E-state index is -0.615. The van der Waals surface area contributed by atoms with Gasteiger partial charge in [0.05, 0.1) is 16.5 Å². The molecule has 0 aliphatic heterocycles. The predicted octanol–water partition coefficient (Wildman–Crippen LogP) is 6.06. The Balaban J connectivity index is 1.77. The van der Waals surface area contributed by atoms with Crippen LogP contribution in [0.25, 0.3) is 0 Å². The summed E-state index contributed by atoms with van der Waals surface area (Å²) in [4.78, 5) is 27.8. The van der Waals surface area contributed by atoms with Gasteiger partial charge in [-0.3, -0.25) is 9.59 Å². The first-order valence-electron chi connectivity index (χ1n) is 10.6. The molecule has 2 aromatic rings. The molecule has 0 saturated heterocycles. The van der Waals surface area contributed by atoms with Crippen LogP contribution in [0.1, 0.15) is 50.2 Å². The Morgan fingerprint density at radius 2 is 1.61 bits per heavy atom. The van der Waals surface area contributed by atoms with E-state index in [-0.39, 0.29) is 30.8 Å². The van der Waals surface area contributed by atoms with Gasteiger partial charge in [-0.1, -0.05) is 72.3 Å². The third-order valence-electron chi connectivity index (χ3n) is 5.72. The average molecular weight is 482 g/mol. The number of carbonyl (C=O) groups excluding carboxylic acids is 2. The molecular formula is C24H27Cl3N2O2. The number of nitrogens with one attached hydrogen (secondary N) is 1. The molecule has 0 bridgehead atoms. The van der Waals surface area contributed by atoms with Crippen LogP contribution >= 0.6 is 34.8 Å². The minimum absolute atomic E-state index is 0.128. The molecule has 4 nitrogen and oxygen atoms in total. The smallest absolute Gasteiger partial charge is 0.242 e. The molecule has 0 aromatic heterocycles. The second kappa shape index (κ2) is 11.2. The van der Waals surface area contributed by atoms with Crippen molar-refractivity contribution < 1.29 is 9.59 Å². The molecule has 3 rings (SSSR count). The topological polar surface area (TPSA) is 49.4 Å². The molecule has 2 aromatic carbocycles. The van der Waals surface area contributed by atoms with Gasteiger partial charge in [0.15, 0.2) is 0 Å². The molecule has 166 valence electrons. The summed E-state index contributed by atoms with van der Waals surface area (Å²) in [7, 11) is 0. The van der Waals surface area contributed by atoms with E-state index in [9.17, 15) is 9.59 Å². The number of carbonyl (C=O) groups is 2. The molecule has 1 aliphatic carbocycles. The van der Waals surface area contributed by atoms with E-state index in [0.29, 0.717) is 15.1 Å². The van der Waals surface area contributed by atoms with Gasteiger partial charge in [-0.15, -0.1) is 0 Å². The summed E-state index contributed by atoms with van der Waals surface area (Å²) in [5.74, 6) is -0.267. The molecule has 31 heavy (non-hydrogen) atoms. The molecule has 0 heterocycles. The predicted molar refractivity (Wildman–Crippen MR) is 127 cm³/mol. The summed E-state index contributed by atoms with van der Waals surface area (Å²) >= 11 is 18.2. The van der Waals surface area contributed by atoms with E-state index in [2.05, 4.69) is 5.32 Å². The molecular weight excluding hydrogens is 455 g/mol. The van der Waals surface area contributed by atoms with Crippen LogP contribution < -0.4 is 5.32 Å². The van der Waals surface area contributed by atoms with Crippen LogP contribution in [-0.2, 0) is 22.6 Å². The van der Waals surface area contributed by atoms with Crippen molar-refractivity contribution in [1.82, 2.24) is 10.2 Å². The average Bonchev–Trinajstić information content (AvgIpc) is 2.76. The minimum Gasteiger partial charge on any atom is -0.352 e. The number of hydrogen-bond acceptors (Lipinski definition) is 2. The third-order valence-corrected chi connectivity index (χ3v) is 6.72. The van der Waals surface area contributed by atoms with Crippen LogP contribution in [0.15, 0.2) is 42.5 Å². The van der Waals surface area contributed by atoms with Crippen molar-refractivity contribution in [3.8, 4) is 0 Å². The first-order valence-corrected chi connectivity index (χ1v) is 11.7. The van der Waals surface area contributed by atoms with Gasteiger partial charge in [0.1, 0.15) is 6.04 Å². The van der Waals surface area contributed by atoms with E-state index in [1.54, 1.807) is 36.1 Å². The van der Waals surface area contributed by atoms with Crippen molar-refractivity contribution in [3.63, 3.8) is 0 Å². The SMILES string of the molecule is C[C@H](C(=O)NC1CCCCC1)N(Cc1ccc(Cl)c(Cl)c1)C(=O)Cc1ccc(Cl)cc1. The number of halogens is 3. The summed E-state index contributed by atoms with van der Waals surface area (Å²) in [6.45, 7) is 2.04. The lowest BCUT2D eigenvalue weighted by Gasteiger charge is -2.31. The zero-order valence-electron chi connectivity index (χ0n) is 17.5. The summed E-state index contributed by atoms with van der Waals surface area (Å²) in [6, 6.07) is 12.0. The second-order valence-electron chi connectivity index (χ2n) is 8.09. The van der Waals surface area contributed by atoms with Gasteiger partial charge >= 0.3 is 0 Å². The van der Waals surface area contributed by atoms with Crippen molar-refractivity contribution in [1.29, 1.82) is 0 Å². The first-order chi connectivity index (χ1) is 14.8. The Hall–Kier alpha value is -1.75. The summed E-state index contributed by atoms with van der Waals surface area (Å²) in [5, 5.41) is 4.62. The van der Waals surface area contributed by atoms with Crippen molar-refractivity contribution in [2.24, 2.45) is 0 Å². The summed E-state index contributed by atoms with van der Waals surface area (Å²) in [6.07, 6.45) is 5.63. The number of benzene rings is 2. The lowest BCUT2D eigenvalue weighted by atomic mass is 9.95. The Kier molecular flexibility index (Phi) is 8.65. The van der Waals surface area contributed by atoms with Crippen molar-refractivity contribution in [3.05, 3.63) is 68.7 Å². The van der Waals surface area contributed by atoms with Crippen molar-refractivity contribution in [2.45, 2.75) is 64.1 Å². The molecule has 1 fully saturated rings. The zero-order chi connectivity index (χ0) is 22.4. The quantitative estimate of drug-likeness (QED) is 0.523. The Labute approximate surface area is 198 Å². The van der Waals surface area contributed by atoms with Crippen LogP contribution in [0.2, 0.25) is 15.1 Å². The number of amides is 2. The molecule has 0 spiro atoms. The van der Waals surface area contributed by atoms with Crippen LogP contribution in [0.4, 0.5) is 0 Å². The van der Waals surface area contributed by atoms with Gasteiger partial charge in [0.25, 0.3) is 0 Å². The van der Waals surface area contributed by atoms with Crippen LogP contribution in [-0.4, -0.2) is 28.8 Å². The monoisotopic (exact) mass is 480 g/mol. The second-order valence-corrected chi connectivity index (χ2v) is 9.34. The van der Waals surface area contributed by atoms with Gasteiger partial charge < -0.3 is 10.2 Å². The number of rotatable bonds is 7. The van der Waals surface area contributed by atoms with E-state index >= 15 is 0 Å². The van der Waals surface area contributed by atoms with Gasteiger partial charge in [0, 0.05) is 17.6 Å². The summed E-state index contributed by atoms with van der Waals surface area (Å²) in [5.41, 5.74) is 1.66. The van der Waals surface area contributed by atoms with Crippen molar-refractivity contribution >= 4 is 46.6 Å². The standard InChI is InChI=1S/C24H27Cl3N2O2/c1-16(24(31)28-20-5-3-2-4-6-20)29(15-18-9-12-21(26)22(27)13-18)23(30)14-17-7-10-19(25)11-8-17/h7-13,16,20H,2-6,14-15H2,1H3,(H,28,31)/t16-/m1/s1.